The third-order valence-electron chi connectivity index (χ3n) is 11.0. The Kier molecular flexibility index (Phi) is 10.0. The molecule has 6 aromatic rings. The van der Waals surface area contributed by atoms with E-state index in [0.717, 1.165) is 92.8 Å². The zero-order chi connectivity index (χ0) is 35.6. The average Bonchev–Trinajstić information content (AvgIpc) is 3.73. The molecule has 0 unspecified atom stereocenters. The second-order valence-corrected chi connectivity index (χ2v) is 14.3. The highest BCUT2D eigenvalue weighted by molar-refractivity contribution is 6.09. The summed E-state index contributed by atoms with van der Waals surface area (Å²) >= 11 is 0. The van der Waals surface area contributed by atoms with Crippen molar-refractivity contribution in [1.29, 1.82) is 0 Å². The third kappa shape index (κ3) is 6.70. The highest BCUT2D eigenvalue weighted by Crippen LogP contribution is 2.39. The number of likely N-dealkylation sites (N-methyl/N-ethyl adjacent to an activating group) is 2. The van der Waals surface area contributed by atoms with E-state index in [-0.39, 0.29) is 6.61 Å². The van der Waals surface area contributed by atoms with E-state index in [1.807, 2.05) is 0 Å². The molecule has 0 bridgehead atoms. The fourth-order valence-electron chi connectivity index (χ4n) is 8.03. The predicted octanol–water partition coefficient (Wildman–Crippen LogP) is 6.52. The number of anilines is 2. The number of imidazole rings is 1. The van der Waals surface area contributed by atoms with Crippen molar-refractivity contribution in [3.63, 3.8) is 0 Å². The summed E-state index contributed by atoms with van der Waals surface area (Å²) in [7, 11) is 4.39. The molecule has 4 heterocycles. The molecule has 4 aromatic carbocycles. The summed E-state index contributed by atoms with van der Waals surface area (Å²) < 4.78 is 10.6. The SMILES string of the molecule is CCn1c2ccccc2c2cc(-c3nc(-c4ccc(N5CCN(C)CC5)cc4)c(-c4ccc(N5CCN(C)CC5)cc4)n3CCOCCO)ccc21. The van der Waals surface area contributed by atoms with Gasteiger partial charge < -0.3 is 38.6 Å². The number of aliphatic hydroxyl groups excluding tert-OH is 1. The van der Waals surface area contributed by atoms with Crippen molar-refractivity contribution >= 4 is 33.2 Å². The van der Waals surface area contributed by atoms with Crippen LogP contribution in [-0.2, 0) is 17.8 Å². The van der Waals surface area contributed by atoms with E-state index >= 15 is 0 Å². The molecule has 1 N–H and O–H groups in total. The molecule has 2 fully saturated rings. The van der Waals surface area contributed by atoms with Crippen LogP contribution in [0.2, 0.25) is 0 Å². The maximum absolute atomic E-state index is 9.51. The molecule has 0 saturated carbocycles. The van der Waals surface area contributed by atoms with E-state index in [0.29, 0.717) is 19.8 Å². The number of piperazine rings is 2. The summed E-state index contributed by atoms with van der Waals surface area (Å²) in [5, 5.41) is 12.0. The second-order valence-electron chi connectivity index (χ2n) is 14.3. The van der Waals surface area contributed by atoms with E-state index < -0.39 is 0 Å². The molecule has 2 aliphatic rings. The van der Waals surface area contributed by atoms with Gasteiger partial charge in [-0.15, -0.1) is 0 Å². The number of ether oxygens (including phenoxy) is 1. The molecule has 2 aromatic heterocycles. The van der Waals surface area contributed by atoms with Crippen LogP contribution in [0.15, 0.2) is 91.0 Å². The molecule has 9 nitrogen and oxygen atoms in total. The molecule has 270 valence electrons. The van der Waals surface area contributed by atoms with Crippen LogP contribution >= 0.6 is 0 Å². The zero-order valence-corrected chi connectivity index (χ0v) is 30.8. The number of fused-ring (bicyclic) bond motifs is 3. The Morgan fingerprint density at radius 2 is 1.19 bits per heavy atom. The first-order valence-corrected chi connectivity index (χ1v) is 18.9. The number of aromatic nitrogens is 3. The zero-order valence-electron chi connectivity index (χ0n) is 30.8. The van der Waals surface area contributed by atoms with Crippen LogP contribution in [0.4, 0.5) is 11.4 Å². The summed E-state index contributed by atoms with van der Waals surface area (Å²) in [6, 6.07) is 33.6. The highest BCUT2D eigenvalue weighted by Gasteiger charge is 2.24. The number of hydrogen-bond acceptors (Lipinski definition) is 7. The molecule has 0 atom stereocenters. The molecular formula is C43H51N7O2. The number of aliphatic hydroxyl groups is 1. The number of nitrogens with zero attached hydrogens (tertiary/aromatic N) is 7. The van der Waals surface area contributed by atoms with Gasteiger partial charge in [-0.2, -0.15) is 0 Å². The van der Waals surface area contributed by atoms with Gasteiger partial charge in [-0.05, 0) is 69.6 Å². The van der Waals surface area contributed by atoms with Crippen molar-refractivity contribution in [2.45, 2.75) is 20.0 Å². The molecule has 2 aliphatic heterocycles. The molecule has 2 saturated heterocycles. The van der Waals surface area contributed by atoms with Gasteiger partial charge in [-0.3, -0.25) is 0 Å². The Balaban J connectivity index is 1.26. The van der Waals surface area contributed by atoms with Crippen LogP contribution in [0, 0.1) is 0 Å². The first-order valence-electron chi connectivity index (χ1n) is 18.9. The molecular weight excluding hydrogens is 647 g/mol. The van der Waals surface area contributed by atoms with Gasteiger partial charge in [0.1, 0.15) is 5.82 Å². The maximum atomic E-state index is 9.51. The van der Waals surface area contributed by atoms with Crippen molar-refractivity contribution in [1.82, 2.24) is 23.9 Å². The monoisotopic (exact) mass is 697 g/mol. The predicted molar refractivity (Wildman–Crippen MR) is 215 cm³/mol. The van der Waals surface area contributed by atoms with Gasteiger partial charge in [0.2, 0.25) is 0 Å². The molecule has 8 rings (SSSR count). The Bertz CT molecular complexity index is 2120. The second kappa shape index (κ2) is 15.1. The molecule has 9 heteroatoms. The van der Waals surface area contributed by atoms with Crippen LogP contribution in [0.25, 0.3) is 55.7 Å². The first-order chi connectivity index (χ1) is 25.5. The maximum Gasteiger partial charge on any atom is 0.141 e. The van der Waals surface area contributed by atoms with Crippen molar-refractivity contribution in [3.05, 3.63) is 91.0 Å². The van der Waals surface area contributed by atoms with Crippen molar-refractivity contribution < 1.29 is 9.84 Å². The number of para-hydroxylation sites is 1. The standard InChI is InChI=1S/C43H51N7O2/c1-4-49-39-8-6-5-7-37(39)38-31-34(13-18-40(38)49)43-44-41(32-9-14-35(15-10-32)47-23-19-45(2)20-24-47)42(50(43)27-29-52-30-28-51)33-11-16-36(17-12-33)48-25-21-46(3)22-26-48/h5-18,31,51H,4,19-30H2,1-3H3. The molecule has 0 amide bonds. The van der Waals surface area contributed by atoms with Crippen LogP contribution < -0.4 is 9.80 Å². The van der Waals surface area contributed by atoms with Crippen LogP contribution in [0.1, 0.15) is 6.92 Å². The van der Waals surface area contributed by atoms with Gasteiger partial charge in [0.05, 0.1) is 31.2 Å². The minimum absolute atomic E-state index is 0.000456. The molecule has 0 aliphatic carbocycles. The summed E-state index contributed by atoms with van der Waals surface area (Å²) in [4.78, 5) is 15.3. The van der Waals surface area contributed by atoms with Gasteiger partial charge in [-0.1, -0.05) is 42.5 Å². The molecule has 0 spiro atoms. The topological polar surface area (TPSA) is 65.2 Å². The van der Waals surface area contributed by atoms with E-state index in [9.17, 15) is 5.11 Å². The first kappa shape index (κ1) is 34.4. The fourth-order valence-corrected chi connectivity index (χ4v) is 8.03. The minimum atomic E-state index is 0.000456. The van der Waals surface area contributed by atoms with E-state index in [1.165, 1.54) is 33.2 Å². The number of hydrogen-bond donors (Lipinski definition) is 1. The average molecular weight is 698 g/mol. The summed E-state index contributed by atoms with van der Waals surface area (Å²) in [5.74, 6) is 0.916. The molecule has 52 heavy (non-hydrogen) atoms. The molecule has 0 radical (unpaired) electrons. The minimum Gasteiger partial charge on any atom is -0.394 e. The van der Waals surface area contributed by atoms with E-state index in [2.05, 4.69) is 141 Å². The number of rotatable bonds is 11. The summed E-state index contributed by atoms with van der Waals surface area (Å²) in [5.41, 5.74) is 10.3. The van der Waals surface area contributed by atoms with Gasteiger partial charge in [-0.25, -0.2) is 4.98 Å². The normalized spacial score (nSPS) is 16.1. The van der Waals surface area contributed by atoms with Crippen LogP contribution in [-0.4, -0.2) is 115 Å². The summed E-state index contributed by atoms with van der Waals surface area (Å²) in [6.45, 7) is 12.9. The Labute approximate surface area is 307 Å². The van der Waals surface area contributed by atoms with E-state index in [4.69, 9.17) is 9.72 Å². The number of benzene rings is 4. The lowest BCUT2D eigenvalue weighted by molar-refractivity contribution is 0.0874. The van der Waals surface area contributed by atoms with Crippen molar-refractivity contribution in [3.8, 4) is 33.9 Å². The Hall–Kier alpha value is -4.67. The lowest BCUT2D eigenvalue weighted by atomic mass is 10.0. The Morgan fingerprint density at radius 3 is 1.81 bits per heavy atom. The van der Waals surface area contributed by atoms with Crippen molar-refractivity contribution in [2.24, 2.45) is 0 Å². The van der Waals surface area contributed by atoms with Crippen LogP contribution in [0.5, 0.6) is 0 Å². The van der Waals surface area contributed by atoms with Gasteiger partial charge in [0.15, 0.2) is 0 Å². The number of aryl methyl sites for hydroxylation is 1. The van der Waals surface area contributed by atoms with Crippen LogP contribution in [0.3, 0.4) is 0 Å². The van der Waals surface area contributed by atoms with Gasteiger partial charge >= 0.3 is 0 Å². The lowest BCUT2D eigenvalue weighted by Crippen LogP contribution is -2.44. The quantitative estimate of drug-likeness (QED) is 0.155. The van der Waals surface area contributed by atoms with Gasteiger partial charge in [0.25, 0.3) is 0 Å². The largest absolute Gasteiger partial charge is 0.394 e. The van der Waals surface area contributed by atoms with Gasteiger partial charge in [0, 0.05) is 115 Å². The highest BCUT2D eigenvalue weighted by atomic mass is 16.5. The van der Waals surface area contributed by atoms with Crippen molar-refractivity contribution in [2.75, 3.05) is 96.1 Å². The summed E-state index contributed by atoms with van der Waals surface area (Å²) in [6.07, 6.45) is 0. The smallest absolute Gasteiger partial charge is 0.141 e. The third-order valence-corrected chi connectivity index (χ3v) is 11.0. The Morgan fingerprint density at radius 1 is 0.615 bits per heavy atom. The van der Waals surface area contributed by atoms with E-state index in [1.54, 1.807) is 0 Å². The lowest BCUT2D eigenvalue weighted by Gasteiger charge is -2.34. The fraction of sp³-hybridized carbons (Fsp3) is 0.372.